The SMILES string of the molecule is C=C[C@@]1(O)[C@H]2c3c([nH]c4ccccc34)C(C(=O)OC(C)(C)C)(C(=O)OC(C)(C)C)[C@@H]1CCN2C(=O)OC(C)(C)C. The summed E-state index contributed by atoms with van der Waals surface area (Å²) in [7, 11) is 0. The van der Waals surface area contributed by atoms with Gasteiger partial charge in [0.1, 0.15) is 22.4 Å². The summed E-state index contributed by atoms with van der Waals surface area (Å²) in [6, 6.07) is 6.29. The van der Waals surface area contributed by atoms with E-state index in [1.54, 1.807) is 62.3 Å². The molecule has 218 valence electrons. The lowest BCUT2D eigenvalue weighted by Gasteiger charge is -2.57. The van der Waals surface area contributed by atoms with E-state index in [4.69, 9.17) is 14.2 Å². The number of rotatable bonds is 3. The number of fused-ring (bicyclic) bond motifs is 6. The number of carbonyl (C=O) groups is 3. The molecular weight excluding hydrogens is 512 g/mol. The summed E-state index contributed by atoms with van der Waals surface area (Å²) in [4.78, 5) is 47.2. The number of amides is 1. The van der Waals surface area contributed by atoms with Crippen LogP contribution in [0.15, 0.2) is 36.9 Å². The molecule has 4 rings (SSSR count). The molecule has 40 heavy (non-hydrogen) atoms. The molecule has 1 saturated heterocycles. The number of esters is 2. The number of nitrogens with zero attached hydrogens (tertiary/aromatic N) is 1. The number of H-pyrrole nitrogens is 1. The quantitative estimate of drug-likeness (QED) is 0.228. The molecule has 2 bridgehead atoms. The number of hydrogen-bond donors (Lipinski definition) is 2. The fourth-order valence-electron chi connectivity index (χ4n) is 6.01. The third-order valence-electron chi connectivity index (χ3n) is 7.30. The van der Waals surface area contributed by atoms with Crippen LogP contribution in [-0.4, -0.2) is 62.0 Å². The Morgan fingerprint density at radius 3 is 1.98 bits per heavy atom. The van der Waals surface area contributed by atoms with E-state index < -0.39 is 57.8 Å². The van der Waals surface area contributed by atoms with Gasteiger partial charge in [0.15, 0.2) is 0 Å². The molecule has 3 atom stereocenters. The normalized spacial score (nSPS) is 24.2. The van der Waals surface area contributed by atoms with Gasteiger partial charge in [-0.25, -0.2) is 4.79 Å². The molecule has 2 heterocycles. The molecule has 9 nitrogen and oxygen atoms in total. The Kier molecular flexibility index (Phi) is 6.94. The van der Waals surface area contributed by atoms with E-state index >= 15 is 0 Å². The first-order chi connectivity index (χ1) is 18.3. The monoisotopic (exact) mass is 554 g/mol. The number of aromatic nitrogens is 1. The minimum Gasteiger partial charge on any atom is -0.459 e. The van der Waals surface area contributed by atoms with E-state index in [1.165, 1.54) is 11.0 Å². The van der Waals surface area contributed by atoms with Gasteiger partial charge in [-0.1, -0.05) is 24.3 Å². The van der Waals surface area contributed by atoms with Crippen molar-refractivity contribution in [3.8, 4) is 0 Å². The lowest BCUT2D eigenvalue weighted by molar-refractivity contribution is -0.197. The van der Waals surface area contributed by atoms with Crippen molar-refractivity contribution in [1.82, 2.24) is 9.88 Å². The zero-order chi connectivity index (χ0) is 30.1. The molecule has 0 spiro atoms. The third kappa shape index (κ3) is 4.78. The third-order valence-corrected chi connectivity index (χ3v) is 7.30. The van der Waals surface area contributed by atoms with Gasteiger partial charge in [0.25, 0.3) is 0 Å². The van der Waals surface area contributed by atoms with Crippen molar-refractivity contribution in [2.75, 3.05) is 6.54 Å². The first-order valence-corrected chi connectivity index (χ1v) is 13.7. The van der Waals surface area contributed by atoms with Gasteiger partial charge in [-0.2, -0.15) is 0 Å². The van der Waals surface area contributed by atoms with E-state index in [-0.39, 0.29) is 18.7 Å². The Morgan fingerprint density at radius 2 is 1.48 bits per heavy atom. The predicted molar refractivity (Wildman–Crippen MR) is 151 cm³/mol. The van der Waals surface area contributed by atoms with Gasteiger partial charge < -0.3 is 24.3 Å². The summed E-state index contributed by atoms with van der Waals surface area (Å²) in [5, 5.41) is 13.2. The lowest BCUT2D eigenvalue weighted by Crippen LogP contribution is -2.70. The molecule has 2 N–H and O–H groups in total. The second-order valence-corrected chi connectivity index (χ2v) is 13.8. The van der Waals surface area contributed by atoms with Gasteiger partial charge in [-0.05, 0) is 74.8 Å². The van der Waals surface area contributed by atoms with Gasteiger partial charge >= 0.3 is 18.0 Å². The van der Waals surface area contributed by atoms with Crippen molar-refractivity contribution in [3.05, 3.63) is 48.2 Å². The fourth-order valence-corrected chi connectivity index (χ4v) is 6.01. The van der Waals surface area contributed by atoms with Gasteiger partial charge in [0.05, 0.1) is 11.7 Å². The summed E-state index contributed by atoms with van der Waals surface area (Å²) in [6.45, 7) is 19.7. The first kappa shape index (κ1) is 29.6. The van der Waals surface area contributed by atoms with Crippen LogP contribution < -0.4 is 0 Å². The van der Waals surface area contributed by atoms with Gasteiger partial charge in [-0.15, -0.1) is 6.58 Å². The highest BCUT2D eigenvalue weighted by Gasteiger charge is 2.72. The zero-order valence-corrected chi connectivity index (χ0v) is 25.0. The second kappa shape index (κ2) is 9.36. The first-order valence-electron chi connectivity index (χ1n) is 13.7. The number of hydrogen-bond acceptors (Lipinski definition) is 7. The van der Waals surface area contributed by atoms with Crippen LogP contribution in [0.5, 0.6) is 0 Å². The van der Waals surface area contributed by atoms with Crippen LogP contribution in [0.3, 0.4) is 0 Å². The van der Waals surface area contributed by atoms with Crippen LogP contribution >= 0.6 is 0 Å². The van der Waals surface area contributed by atoms with Gasteiger partial charge in [0.2, 0.25) is 5.41 Å². The Balaban J connectivity index is 2.11. The maximum absolute atomic E-state index is 14.4. The van der Waals surface area contributed by atoms with E-state index in [2.05, 4.69) is 11.6 Å². The van der Waals surface area contributed by atoms with Crippen molar-refractivity contribution in [1.29, 1.82) is 0 Å². The maximum Gasteiger partial charge on any atom is 0.410 e. The molecule has 0 radical (unpaired) electrons. The molecule has 1 amide bonds. The number of nitrogens with one attached hydrogen (secondary N) is 1. The average molecular weight is 555 g/mol. The van der Waals surface area contributed by atoms with Crippen LogP contribution in [0.4, 0.5) is 4.79 Å². The number of ether oxygens (including phenoxy) is 3. The summed E-state index contributed by atoms with van der Waals surface area (Å²) in [5.41, 5.74) is -5.36. The molecule has 2 aliphatic rings. The lowest BCUT2D eigenvalue weighted by atomic mass is 9.54. The highest BCUT2D eigenvalue weighted by molar-refractivity contribution is 6.09. The highest BCUT2D eigenvalue weighted by atomic mass is 16.6. The zero-order valence-electron chi connectivity index (χ0n) is 25.0. The van der Waals surface area contributed by atoms with Crippen LogP contribution in [0.1, 0.15) is 86.0 Å². The molecule has 0 saturated carbocycles. The minimum absolute atomic E-state index is 0.0750. The second-order valence-electron chi connectivity index (χ2n) is 13.8. The maximum atomic E-state index is 14.4. The number of para-hydroxylation sites is 1. The fraction of sp³-hybridized carbons (Fsp3) is 0.581. The topological polar surface area (TPSA) is 118 Å². The van der Waals surface area contributed by atoms with Gasteiger partial charge in [0, 0.05) is 28.9 Å². The van der Waals surface area contributed by atoms with Crippen LogP contribution in [0.25, 0.3) is 10.9 Å². The molecular formula is C31H42N2O7. The van der Waals surface area contributed by atoms with Crippen LogP contribution in [0, 0.1) is 5.92 Å². The van der Waals surface area contributed by atoms with E-state index in [1.807, 2.05) is 24.3 Å². The number of benzene rings is 1. The molecule has 2 aromatic rings. The smallest absolute Gasteiger partial charge is 0.410 e. The van der Waals surface area contributed by atoms with Crippen LogP contribution in [-0.2, 0) is 29.2 Å². The number of aromatic amines is 1. The van der Waals surface area contributed by atoms with Crippen molar-refractivity contribution in [3.63, 3.8) is 0 Å². The molecule has 0 unspecified atom stereocenters. The summed E-state index contributed by atoms with van der Waals surface area (Å²) in [6.07, 6.45) is 0.785. The number of carbonyl (C=O) groups excluding carboxylic acids is 3. The summed E-state index contributed by atoms with van der Waals surface area (Å²) in [5.74, 6) is -2.74. The highest BCUT2D eigenvalue weighted by Crippen LogP contribution is 2.60. The Morgan fingerprint density at radius 1 is 0.950 bits per heavy atom. The van der Waals surface area contributed by atoms with Crippen molar-refractivity contribution >= 4 is 28.9 Å². The van der Waals surface area contributed by atoms with Crippen molar-refractivity contribution < 1.29 is 33.7 Å². The number of piperidine rings is 1. The molecule has 1 aliphatic heterocycles. The molecule has 1 fully saturated rings. The van der Waals surface area contributed by atoms with Gasteiger partial charge in [-0.3, -0.25) is 14.5 Å². The Hall–Kier alpha value is -3.33. The van der Waals surface area contributed by atoms with Crippen molar-refractivity contribution in [2.24, 2.45) is 5.92 Å². The van der Waals surface area contributed by atoms with Crippen LogP contribution in [0.2, 0.25) is 0 Å². The summed E-state index contributed by atoms with van der Waals surface area (Å²) >= 11 is 0. The number of likely N-dealkylation sites (tertiary alicyclic amines) is 1. The molecule has 1 aromatic carbocycles. The Labute approximate surface area is 235 Å². The molecule has 1 aliphatic carbocycles. The van der Waals surface area contributed by atoms with E-state index in [9.17, 15) is 19.5 Å². The Bertz CT molecular complexity index is 1330. The van der Waals surface area contributed by atoms with E-state index in [0.29, 0.717) is 16.5 Å². The molecule has 9 heteroatoms. The largest absolute Gasteiger partial charge is 0.459 e. The minimum atomic E-state index is -2.08. The summed E-state index contributed by atoms with van der Waals surface area (Å²) < 4.78 is 17.6. The molecule has 1 aromatic heterocycles. The number of aliphatic hydroxyl groups is 1. The average Bonchev–Trinajstić information content (AvgIpc) is 3.15. The van der Waals surface area contributed by atoms with E-state index in [0.717, 1.165) is 0 Å². The standard InChI is InChI=1S/C31H42N2O7/c1-11-30(37)20-16-17-33(26(36)40-29(8,9)10)23(30)21-18-14-12-13-15-19(18)32-22(21)31(20,24(34)38-27(2,3)4)25(35)39-28(5,6)7/h11-15,20,23,32,37H,1,16-17H2,2-10H3/t20-,23-,30+/m1/s1. The predicted octanol–water partition coefficient (Wildman–Crippen LogP) is 5.32. The van der Waals surface area contributed by atoms with Crippen molar-refractivity contribution in [2.45, 2.75) is 103 Å².